The Morgan fingerprint density at radius 1 is 1.19 bits per heavy atom. The van der Waals surface area contributed by atoms with Gasteiger partial charge in [-0.1, -0.05) is 0 Å². The average Bonchev–Trinajstić information content (AvgIpc) is 3.17. The summed E-state index contributed by atoms with van der Waals surface area (Å²) in [6.07, 6.45) is 2.09. The number of aryl methyl sites for hydroxylation is 1. The van der Waals surface area contributed by atoms with Crippen LogP contribution in [0.1, 0.15) is 40.2 Å². The van der Waals surface area contributed by atoms with Gasteiger partial charge in [-0.15, -0.1) is 0 Å². The number of aliphatic imine (C=N–C) groups is 1. The Morgan fingerprint density at radius 2 is 1.84 bits per heavy atom. The van der Waals surface area contributed by atoms with Crippen molar-refractivity contribution in [3.8, 4) is 0 Å². The maximum absolute atomic E-state index is 12.5. The van der Waals surface area contributed by atoms with E-state index in [2.05, 4.69) is 18.9 Å². The minimum Gasteiger partial charge on any atom is -0.494 e. The molecular formula is C18H19F3N2O7S. The number of esters is 1. The molecule has 0 saturated heterocycles. The van der Waals surface area contributed by atoms with Crippen LogP contribution in [0.2, 0.25) is 0 Å². The lowest BCUT2D eigenvalue weighted by Gasteiger charge is -2.07. The molecule has 0 radical (unpaired) electrons. The van der Waals surface area contributed by atoms with Gasteiger partial charge in [-0.3, -0.25) is 9.59 Å². The van der Waals surface area contributed by atoms with Crippen LogP contribution in [0.15, 0.2) is 22.5 Å². The van der Waals surface area contributed by atoms with Crippen molar-refractivity contribution in [3.63, 3.8) is 0 Å². The number of aromatic nitrogens is 1. The minimum atomic E-state index is -5.90. The van der Waals surface area contributed by atoms with E-state index in [1.54, 1.807) is 13.8 Å². The van der Waals surface area contributed by atoms with Crippen molar-refractivity contribution in [3.05, 3.63) is 40.0 Å². The molecule has 1 aromatic heterocycles. The summed E-state index contributed by atoms with van der Waals surface area (Å²) in [6.45, 7) is 3.26. The number of nitrogens with one attached hydrogen (secondary N) is 1. The van der Waals surface area contributed by atoms with Crippen molar-refractivity contribution in [1.82, 2.24) is 4.98 Å². The van der Waals surface area contributed by atoms with Gasteiger partial charge in [0.15, 0.2) is 5.78 Å². The van der Waals surface area contributed by atoms with Crippen molar-refractivity contribution in [2.75, 3.05) is 14.2 Å². The van der Waals surface area contributed by atoms with Crippen molar-refractivity contribution in [1.29, 1.82) is 0 Å². The Balaban J connectivity index is 2.34. The first-order valence-electron chi connectivity index (χ1n) is 8.67. The molecule has 170 valence electrons. The number of nitrogens with zero attached hydrogens (tertiary/aromatic N) is 1. The van der Waals surface area contributed by atoms with Crippen molar-refractivity contribution in [2.24, 2.45) is 4.99 Å². The van der Waals surface area contributed by atoms with Crippen molar-refractivity contribution < 1.29 is 44.8 Å². The molecule has 0 unspecified atom stereocenters. The van der Waals surface area contributed by atoms with Gasteiger partial charge >= 0.3 is 21.6 Å². The fraction of sp³-hybridized carbons (Fsp3) is 0.389. The molecule has 0 amide bonds. The molecule has 13 heteroatoms. The van der Waals surface area contributed by atoms with Gasteiger partial charge in [0.25, 0.3) is 0 Å². The number of halogens is 3. The van der Waals surface area contributed by atoms with E-state index < -0.39 is 27.5 Å². The second kappa shape index (κ2) is 8.96. The van der Waals surface area contributed by atoms with Crippen LogP contribution >= 0.6 is 0 Å². The first-order chi connectivity index (χ1) is 14.3. The highest BCUT2D eigenvalue weighted by atomic mass is 32.2. The summed E-state index contributed by atoms with van der Waals surface area (Å²) in [4.78, 5) is 30.4. The molecule has 1 aliphatic rings. The summed E-state index contributed by atoms with van der Waals surface area (Å²) in [6, 6.07) is 0. The fourth-order valence-electron chi connectivity index (χ4n) is 2.78. The Kier molecular flexibility index (Phi) is 6.99. The van der Waals surface area contributed by atoms with Gasteiger partial charge in [-0.25, -0.2) is 4.99 Å². The summed E-state index contributed by atoms with van der Waals surface area (Å²) >= 11 is 0. The number of carbonyl (C=O) groups excluding carboxylic acids is 2. The summed E-state index contributed by atoms with van der Waals surface area (Å²) in [5, 5.41) is 0. The minimum absolute atomic E-state index is 0.0206. The first kappa shape index (κ1) is 24.2. The number of H-pyrrole nitrogens is 1. The maximum Gasteiger partial charge on any atom is 0.534 e. The van der Waals surface area contributed by atoms with Crippen molar-refractivity contribution in [2.45, 2.75) is 32.2 Å². The lowest BCUT2D eigenvalue weighted by Crippen LogP contribution is -2.27. The van der Waals surface area contributed by atoms with Crippen LogP contribution in [0.5, 0.6) is 0 Å². The number of carbonyl (C=O) groups is 2. The van der Waals surface area contributed by atoms with E-state index in [0.29, 0.717) is 22.5 Å². The Hall–Kier alpha value is -3.09. The molecule has 1 aromatic rings. The number of aromatic amines is 1. The van der Waals surface area contributed by atoms with Crippen LogP contribution in [0.25, 0.3) is 6.08 Å². The second-order valence-electron chi connectivity index (χ2n) is 6.34. The van der Waals surface area contributed by atoms with Gasteiger partial charge in [0.05, 0.1) is 20.6 Å². The van der Waals surface area contributed by atoms with Crippen molar-refractivity contribution >= 4 is 33.8 Å². The SMILES string of the molecule is COC(=O)CCC(=O)c1c(C)[nH]c(/C=C2\N=C(OS(=O)(=O)C(F)(F)F)C=C2OC)c1C. The molecule has 2 rings (SSSR count). The molecule has 0 atom stereocenters. The number of alkyl halides is 3. The smallest absolute Gasteiger partial charge is 0.494 e. The summed E-state index contributed by atoms with van der Waals surface area (Å²) < 4.78 is 73.5. The average molecular weight is 464 g/mol. The molecule has 31 heavy (non-hydrogen) atoms. The predicted octanol–water partition coefficient (Wildman–Crippen LogP) is 2.92. The number of ether oxygens (including phenoxy) is 2. The number of hydrogen-bond acceptors (Lipinski definition) is 8. The number of hydrogen-bond donors (Lipinski definition) is 1. The lowest BCUT2D eigenvalue weighted by atomic mass is 10.0. The zero-order chi connectivity index (χ0) is 23.6. The standard InChI is InChI=1S/C18H19F3N2O7S/c1-9-11(22-10(2)17(9)13(24)5-6-16(25)29-4)7-12-14(28-3)8-15(23-12)30-31(26,27)18(19,20)21/h7-8,22H,5-6H2,1-4H3/b12-7-. The molecule has 0 bridgehead atoms. The topological polar surface area (TPSA) is 124 Å². The summed E-state index contributed by atoms with van der Waals surface area (Å²) in [7, 11) is -3.47. The zero-order valence-corrected chi connectivity index (χ0v) is 17.7. The quantitative estimate of drug-likeness (QED) is 0.285. The number of rotatable bonds is 7. The highest BCUT2D eigenvalue weighted by Crippen LogP contribution is 2.30. The van der Waals surface area contributed by atoms with Gasteiger partial charge in [-0.05, 0) is 25.5 Å². The van der Waals surface area contributed by atoms with Gasteiger partial charge in [0.1, 0.15) is 11.5 Å². The largest absolute Gasteiger partial charge is 0.534 e. The van der Waals surface area contributed by atoms with E-state index in [-0.39, 0.29) is 30.1 Å². The molecule has 0 aromatic carbocycles. The maximum atomic E-state index is 12.5. The fourth-order valence-corrected chi connectivity index (χ4v) is 3.18. The zero-order valence-electron chi connectivity index (χ0n) is 16.9. The molecule has 0 saturated carbocycles. The van der Waals surface area contributed by atoms with Crippen LogP contribution in [-0.2, 0) is 28.6 Å². The Bertz CT molecular complexity index is 1100. The summed E-state index contributed by atoms with van der Waals surface area (Å²) in [5.74, 6) is -1.70. The van der Waals surface area contributed by atoms with Gasteiger partial charge < -0.3 is 18.6 Å². The predicted molar refractivity (Wildman–Crippen MR) is 102 cm³/mol. The molecule has 1 aliphatic heterocycles. The lowest BCUT2D eigenvalue weighted by molar-refractivity contribution is -0.140. The Morgan fingerprint density at radius 3 is 2.39 bits per heavy atom. The molecule has 2 heterocycles. The van der Waals surface area contributed by atoms with E-state index in [0.717, 1.165) is 6.08 Å². The van der Waals surface area contributed by atoms with Gasteiger partial charge in [0.2, 0.25) is 5.90 Å². The van der Waals surface area contributed by atoms with E-state index in [1.165, 1.54) is 20.3 Å². The number of ketones is 1. The summed E-state index contributed by atoms with van der Waals surface area (Å²) in [5.41, 5.74) is -3.90. The van der Waals surface area contributed by atoms with Crippen LogP contribution in [-0.4, -0.2) is 50.8 Å². The monoisotopic (exact) mass is 464 g/mol. The third-order valence-corrected chi connectivity index (χ3v) is 5.21. The third kappa shape index (κ3) is 5.34. The first-order valence-corrected chi connectivity index (χ1v) is 10.1. The number of methoxy groups -OCH3 is 2. The van der Waals surface area contributed by atoms with Gasteiger partial charge in [-0.2, -0.15) is 21.6 Å². The molecule has 1 N–H and O–H groups in total. The van der Waals surface area contributed by atoms with Crippen LogP contribution in [0.4, 0.5) is 13.2 Å². The highest BCUT2D eigenvalue weighted by Gasteiger charge is 2.49. The molecule has 0 fully saturated rings. The van der Waals surface area contributed by atoms with Crippen LogP contribution in [0, 0.1) is 13.8 Å². The van der Waals surface area contributed by atoms with E-state index >= 15 is 0 Å². The molecular weight excluding hydrogens is 445 g/mol. The van der Waals surface area contributed by atoms with E-state index in [1.807, 2.05) is 0 Å². The second-order valence-corrected chi connectivity index (χ2v) is 7.88. The molecule has 9 nitrogen and oxygen atoms in total. The molecule has 0 spiro atoms. The van der Waals surface area contributed by atoms with E-state index in [4.69, 9.17) is 4.74 Å². The normalized spacial score (nSPS) is 15.5. The number of Topliss-reactive ketones (excluding diaryl/α,β-unsaturated/α-hetero) is 1. The van der Waals surface area contributed by atoms with Crippen LogP contribution < -0.4 is 0 Å². The third-order valence-electron chi connectivity index (χ3n) is 4.26. The van der Waals surface area contributed by atoms with E-state index in [9.17, 15) is 31.2 Å². The van der Waals surface area contributed by atoms with Crippen LogP contribution in [0.3, 0.4) is 0 Å². The van der Waals surface area contributed by atoms with Gasteiger partial charge in [0, 0.05) is 29.4 Å². The Labute approximate surface area is 175 Å². The molecule has 0 aliphatic carbocycles. The highest BCUT2D eigenvalue weighted by molar-refractivity contribution is 7.88.